The van der Waals surface area contributed by atoms with Crippen LogP contribution in [-0.4, -0.2) is 33.6 Å². The van der Waals surface area contributed by atoms with Crippen LogP contribution in [0.3, 0.4) is 0 Å². The van der Waals surface area contributed by atoms with Crippen molar-refractivity contribution in [3.05, 3.63) is 41.9 Å². The minimum Gasteiger partial charge on any atom is -0.327 e. The van der Waals surface area contributed by atoms with Crippen molar-refractivity contribution in [2.75, 3.05) is 13.1 Å². The van der Waals surface area contributed by atoms with Gasteiger partial charge in [0.05, 0.1) is 5.69 Å². The number of aromatic nitrogens is 2. The van der Waals surface area contributed by atoms with Crippen LogP contribution < -0.4 is 5.43 Å². The molecule has 1 fully saturated rings. The topological polar surface area (TPSA) is 50.2 Å². The van der Waals surface area contributed by atoms with Gasteiger partial charge in [-0.15, -0.1) is 0 Å². The molecule has 2 heterocycles. The maximum atomic E-state index is 12.5. The number of hydrogen-bond acceptors (Lipinski definition) is 3. The zero-order valence-corrected chi connectivity index (χ0v) is 13.2. The third kappa shape index (κ3) is 2.90. The fraction of sp³-hybridized carbons (Fsp3) is 0.412. The Morgan fingerprint density at radius 2 is 1.82 bits per heavy atom. The predicted molar refractivity (Wildman–Crippen MR) is 86.3 cm³/mol. The highest BCUT2D eigenvalue weighted by Crippen LogP contribution is 2.22. The lowest BCUT2D eigenvalue weighted by molar-refractivity contribution is 0.0735. The van der Waals surface area contributed by atoms with Gasteiger partial charge in [0.2, 0.25) is 5.82 Å². The van der Waals surface area contributed by atoms with Crippen molar-refractivity contribution in [3.63, 3.8) is 0 Å². The summed E-state index contributed by atoms with van der Waals surface area (Å²) < 4.78 is 1.86. The van der Waals surface area contributed by atoms with Gasteiger partial charge in [0.25, 0.3) is 0 Å². The van der Waals surface area contributed by atoms with E-state index in [1.165, 1.54) is 6.42 Å². The largest absolute Gasteiger partial charge is 0.327 e. The van der Waals surface area contributed by atoms with Crippen molar-refractivity contribution in [3.8, 4) is 11.3 Å². The number of amides is 1. The first-order valence-corrected chi connectivity index (χ1v) is 7.81. The van der Waals surface area contributed by atoms with E-state index in [1.807, 2.05) is 53.9 Å². The molecule has 5 heteroatoms. The number of nitrogens with zero attached hydrogens (tertiary/aromatic N) is 3. The molecule has 116 valence electrons. The number of nitrogens with one attached hydrogen (secondary N) is 1. The summed E-state index contributed by atoms with van der Waals surface area (Å²) in [5.41, 5.74) is 5.88. The molecule has 1 amide bonds. The molecule has 0 spiro atoms. The minimum atomic E-state index is -0.130. The quantitative estimate of drug-likeness (QED) is 0.947. The van der Waals surface area contributed by atoms with Gasteiger partial charge >= 0.3 is 5.91 Å². The van der Waals surface area contributed by atoms with Gasteiger partial charge in [0.15, 0.2) is 0 Å². The summed E-state index contributed by atoms with van der Waals surface area (Å²) in [4.78, 5) is 17.1. The first-order chi connectivity index (χ1) is 10.7. The Morgan fingerprint density at radius 1 is 1.14 bits per heavy atom. The Labute approximate surface area is 130 Å². The zero-order valence-electron chi connectivity index (χ0n) is 13.2. The smallest absolute Gasteiger partial charge is 0.301 e. The van der Waals surface area contributed by atoms with Gasteiger partial charge in [-0.3, -0.25) is 10.2 Å². The van der Waals surface area contributed by atoms with E-state index in [9.17, 15) is 4.79 Å². The fourth-order valence-corrected chi connectivity index (χ4v) is 2.85. The van der Waals surface area contributed by atoms with Crippen molar-refractivity contribution in [2.24, 2.45) is 7.05 Å². The van der Waals surface area contributed by atoms with Gasteiger partial charge in [-0.25, -0.2) is 9.99 Å². The summed E-state index contributed by atoms with van der Waals surface area (Å²) in [6, 6.07) is 9.98. The molecule has 0 saturated carbocycles. The second-order valence-electron chi connectivity index (χ2n) is 5.78. The van der Waals surface area contributed by atoms with Crippen LogP contribution in [0, 0.1) is 6.92 Å². The highest BCUT2D eigenvalue weighted by molar-refractivity contribution is 5.91. The number of piperidine rings is 1. The van der Waals surface area contributed by atoms with Crippen LogP contribution in [0.4, 0.5) is 0 Å². The van der Waals surface area contributed by atoms with E-state index < -0.39 is 0 Å². The monoisotopic (exact) mass is 298 g/mol. The molecule has 0 radical (unpaired) electrons. The lowest BCUT2D eigenvalue weighted by atomic mass is 10.1. The van der Waals surface area contributed by atoms with Gasteiger partial charge in [0, 0.05) is 31.4 Å². The molecule has 22 heavy (non-hydrogen) atoms. The maximum absolute atomic E-state index is 12.5. The van der Waals surface area contributed by atoms with Gasteiger partial charge < -0.3 is 4.57 Å². The number of carbonyl (C=O) groups excluding carboxylic acids is 1. The van der Waals surface area contributed by atoms with Gasteiger partial charge in [-0.05, 0) is 19.8 Å². The first-order valence-electron chi connectivity index (χ1n) is 7.81. The van der Waals surface area contributed by atoms with Crippen molar-refractivity contribution in [2.45, 2.75) is 26.2 Å². The van der Waals surface area contributed by atoms with Crippen molar-refractivity contribution < 1.29 is 4.79 Å². The Kier molecular flexibility index (Phi) is 4.24. The molecular formula is C17H22N4O. The predicted octanol–water partition coefficient (Wildman–Crippen LogP) is 2.53. The number of imidazole rings is 1. The molecule has 0 aliphatic carbocycles. The molecule has 1 N–H and O–H groups in total. The Balaban J connectivity index is 1.83. The molecule has 1 aromatic heterocycles. The lowest BCUT2D eigenvalue weighted by Crippen LogP contribution is -2.45. The van der Waals surface area contributed by atoms with E-state index in [-0.39, 0.29) is 5.91 Å². The minimum absolute atomic E-state index is 0.130. The second-order valence-corrected chi connectivity index (χ2v) is 5.78. The summed E-state index contributed by atoms with van der Waals surface area (Å²) >= 11 is 0. The molecular weight excluding hydrogens is 276 g/mol. The van der Waals surface area contributed by atoms with E-state index in [1.54, 1.807) is 0 Å². The summed E-state index contributed by atoms with van der Waals surface area (Å²) in [6.45, 7) is 3.83. The maximum Gasteiger partial charge on any atom is 0.301 e. The van der Waals surface area contributed by atoms with Crippen LogP contribution in [0.15, 0.2) is 30.3 Å². The summed E-state index contributed by atoms with van der Waals surface area (Å²) in [5.74, 6) is 0.330. The number of benzene rings is 1. The Hall–Kier alpha value is -2.14. The van der Waals surface area contributed by atoms with Crippen molar-refractivity contribution in [1.29, 1.82) is 0 Å². The number of hydrogen-bond donors (Lipinski definition) is 1. The van der Waals surface area contributed by atoms with E-state index in [2.05, 4.69) is 10.4 Å². The molecule has 1 saturated heterocycles. The van der Waals surface area contributed by atoms with E-state index >= 15 is 0 Å². The van der Waals surface area contributed by atoms with Crippen LogP contribution in [0.2, 0.25) is 0 Å². The van der Waals surface area contributed by atoms with E-state index in [4.69, 9.17) is 0 Å². The Morgan fingerprint density at radius 3 is 2.50 bits per heavy atom. The highest BCUT2D eigenvalue weighted by Gasteiger charge is 2.21. The summed E-state index contributed by atoms with van der Waals surface area (Å²) in [5, 5.41) is 2.00. The van der Waals surface area contributed by atoms with E-state index in [0.717, 1.165) is 42.9 Å². The fourth-order valence-electron chi connectivity index (χ4n) is 2.85. The normalized spacial score (nSPS) is 15.7. The third-order valence-electron chi connectivity index (χ3n) is 4.25. The third-order valence-corrected chi connectivity index (χ3v) is 4.25. The molecule has 1 aliphatic rings. The average Bonchev–Trinajstić information content (AvgIpc) is 2.85. The Bertz CT molecular complexity index is 657. The lowest BCUT2D eigenvalue weighted by Gasteiger charge is -2.26. The first kappa shape index (κ1) is 14.8. The molecule has 1 aromatic carbocycles. The van der Waals surface area contributed by atoms with Crippen LogP contribution >= 0.6 is 0 Å². The second kappa shape index (κ2) is 6.32. The number of carbonyl (C=O) groups is 1. The van der Waals surface area contributed by atoms with E-state index in [0.29, 0.717) is 5.82 Å². The van der Waals surface area contributed by atoms with Crippen LogP contribution in [-0.2, 0) is 7.05 Å². The van der Waals surface area contributed by atoms with Gasteiger partial charge in [0.1, 0.15) is 0 Å². The van der Waals surface area contributed by atoms with Crippen LogP contribution in [0.25, 0.3) is 11.3 Å². The standard InChI is InChI=1S/C17H22N4O/c1-13-15(14-9-5-3-6-10-14)18-16(20(13)2)17(22)19-21-11-7-4-8-12-21/h3,5-6,9-10H,4,7-8,11-12H2,1-2H3,(H,19,22). The molecule has 3 rings (SSSR count). The molecule has 2 aromatic rings. The zero-order chi connectivity index (χ0) is 15.5. The van der Waals surface area contributed by atoms with Crippen LogP contribution in [0.1, 0.15) is 35.6 Å². The molecule has 5 nitrogen and oxygen atoms in total. The number of hydrazine groups is 1. The summed E-state index contributed by atoms with van der Waals surface area (Å²) in [6.07, 6.45) is 3.51. The molecule has 1 aliphatic heterocycles. The molecule has 0 unspecified atom stereocenters. The van der Waals surface area contributed by atoms with Gasteiger partial charge in [-0.2, -0.15) is 0 Å². The van der Waals surface area contributed by atoms with Crippen LogP contribution in [0.5, 0.6) is 0 Å². The molecule has 0 atom stereocenters. The number of rotatable bonds is 3. The average molecular weight is 298 g/mol. The highest BCUT2D eigenvalue weighted by atomic mass is 16.2. The molecule has 0 bridgehead atoms. The van der Waals surface area contributed by atoms with Crippen molar-refractivity contribution >= 4 is 5.91 Å². The SMILES string of the molecule is Cc1c(-c2ccccc2)nc(C(=O)NN2CCCCC2)n1C. The van der Waals surface area contributed by atoms with Gasteiger partial charge in [-0.1, -0.05) is 36.8 Å². The van der Waals surface area contributed by atoms with Crippen molar-refractivity contribution in [1.82, 2.24) is 20.0 Å². The summed E-state index contributed by atoms with van der Waals surface area (Å²) in [7, 11) is 1.89.